The molecule has 1 unspecified atom stereocenters. The molecule has 1 N–H and O–H groups in total. The fraction of sp³-hybridized carbons (Fsp3) is 0.241. The third-order valence-electron chi connectivity index (χ3n) is 6.41. The van der Waals surface area contributed by atoms with Crippen LogP contribution >= 0.6 is 0 Å². The lowest BCUT2D eigenvalue weighted by Crippen LogP contribution is -2.29. The minimum Gasteiger partial charge on any atom is -0.507 e. The number of aliphatic hydroxyl groups excluding tert-OH is 1. The molecule has 0 bridgehead atoms. The number of aliphatic hydroxyl groups is 1. The molecule has 38 heavy (non-hydrogen) atoms. The summed E-state index contributed by atoms with van der Waals surface area (Å²) in [6.07, 6.45) is 0. The number of ether oxygens (including phenoxy) is 5. The van der Waals surface area contributed by atoms with E-state index in [1.807, 2.05) is 6.92 Å². The van der Waals surface area contributed by atoms with Crippen LogP contribution in [0.25, 0.3) is 5.76 Å². The van der Waals surface area contributed by atoms with Gasteiger partial charge in [-0.05, 0) is 67.1 Å². The number of Topliss-reactive ketones (excluding diaryl/α,β-unsaturated/α-hetero) is 1. The molecule has 2 aliphatic rings. The molecule has 5 rings (SSSR count). The molecule has 0 aromatic heterocycles. The normalized spacial score (nSPS) is 17.9. The Kier molecular flexibility index (Phi) is 6.83. The lowest BCUT2D eigenvalue weighted by molar-refractivity contribution is -0.132. The number of hydrogen-bond donors (Lipinski definition) is 1. The van der Waals surface area contributed by atoms with Crippen molar-refractivity contribution in [1.82, 2.24) is 0 Å². The number of ketones is 1. The number of nitrogens with zero attached hydrogens (tertiary/aromatic N) is 1. The number of fused-ring (bicyclic) bond motifs is 1. The van der Waals surface area contributed by atoms with Gasteiger partial charge in [-0.25, -0.2) is 0 Å². The molecule has 9 heteroatoms. The maximum absolute atomic E-state index is 13.5. The van der Waals surface area contributed by atoms with E-state index in [-0.39, 0.29) is 11.3 Å². The van der Waals surface area contributed by atoms with Crippen LogP contribution in [0.4, 0.5) is 5.69 Å². The Hall–Kier alpha value is -4.66. The third-order valence-corrected chi connectivity index (χ3v) is 6.41. The number of anilines is 1. The third kappa shape index (κ3) is 4.36. The zero-order valence-corrected chi connectivity index (χ0v) is 21.2. The van der Waals surface area contributed by atoms with Crippen molar-refractivity contribution >= 4 is 23.1 Å². The summed E-state index contributed by atoms with van der Waals surface area (Å²) in [5.74, 6) is 0.616. The quantitative estimate of drug-likeness (QED) is 0.278. The van der Waals surface area contributed by atoms with Crippen molar-refractivity contribution in [2.75, 3.05) is 38.9 Å². The van der Waals surface area contributed by atoms with Crippen molar-refractivity contribution in [1.29, 1.82) is 0 Å². The second-order valence-corrected chi connectivity index (χ2v) is 8.57. The van der Waals surface area contributed by atoms with Gasteiger partial charge in [0.1, 0.15) is 24.7 Å². The van der Waals surface area contributed by atoms with Gasteiger partial charge in [-0.2, -0.15) is 0 Å². The monoisotopic (exact) mass is 517 g/mol. The number of benzene rings is 3. The van der Waals surface area contributed by atoms with Crippen molar-refractivity contribution in [2.45, 2.75) is 13.0 Å². The van der Waals surface area contributed by atoms with E-state index >= 15 is 0 Å². The van der Waals surface area contributed by atoms with E-state index in [1.165, 1.54) is 19.1 Å². The SMILES string of the molecule is CCOc1ccc(N2C(=O)C(=O)/C(=C(/O)c3ccc4c(c3)OCCO4)C2c2ccc(OC)c(OC)c2)cc1. The summed E-state index contributed by atoms with van der Waals surface area (Å²) in [5, 5.41) is 11.5. The van der Waals surface area contributed by atoms with Crippen molar-refractivity contribution in [3.8, 4) is 28.7 Å². The fourth-order valence-electron chi connectivity index (χ4n) is 4.65. The number of methoxy groups -OCH3 is 2. The van der Waals surface area contributed by atoms with E-state index in [9.17, 15) is 14.7 Å². The molecule has 0 spiro atoms. The molecule has 3 aromatic rings. The van der Waals surface area contributed by atoms with Gasteiger partial charge >= 0.3 is 0 Å². The Balaban J connectivity index is 1.68. The molecule has 0 radical (unpaired) electrons. The topological polar surface area (TPSA) is 104 Å². The maximum atomic E-state index is 13.5. The van der Waals surface area contributed by atoms with Gasteiger partial charge in [0.25, 0.3) is 11.7 Å². The van der Waals surface area contributed by atoms with E-state index in [0.29, 0.717) is 65.4 Å². The van der Waals surface area contributed by atoms with Crippen LogP contribution in [0.5, 0.6) is 28.7 Å². The molecule has 2 aliphatic heterocycles. The van der Waals surface area contributed by atoms with Gasteiger partial charge in [0.2, 0.25) is 0 Å². The molecule has 1 atom stereocenters. The number of rotatable bonds is 7. The molecule has 1 fully saturated rings. The predicted octanol–water partition coefficient (Wildman–Crippen LogP) is 4.50. The standard InChI is InChI=1S/C29H27NO8/c1-4-36-20-9-7-19(8-10-20)30-26(17-5-11-21(34-2)23(15-17)35-3)25(28(32)29(30)33)27(31)18-6-12-22-24(16-18)38-14-13-37-22/h5-12,15-16,26,31H,4,13-14H2,1-3H3/b27-25+. The average molecular weight is 518 g/mol. The summed E-state index contributed by atoms with van der Waals surface area (Å²) >= 11 is 0. The lowest BCUT2D eigenvalue weighted by atomic mass is 9.94. The minimum atomic E-state index is -0.944. The first-order chi connectivity index (χ1) is 18.5. The zero-order valence-electron chi connectivity index (χ0n) is 21.2. The summed E-state index contributed by atoms with van der Waals surface area (Å²) in [6.45, 7) is 3.16. The van der Waals surface area contributed by atoms with Crippen LogP contribution in [-0.4, -0.2) is 50.8 Å². The molecule has 2 heterocycles. The van der Waals surface area contributed by atoms with E-state index in [4.69, 9.17) is 23.7 Å². The Bertz CT molecular complexity index is 1410. The molecular formula is C29H27NO8. The molecule has 0 saturated carbocycles. The second kappa shape index (κ2) is 10.4. The Morgan fingerprint density at radius 2 is 1.63 bits per heavy atom. The minimum absolute atomic E-state index is 0.0622. The molecule has 9 nitrogen and oxygen atoms in total. The maximum Gasteiger partial charge on any atom is 0.300 e. The van der Waals surface area contributed by atoms with Gasteiger partial charge in [-0.15, -0.1) is 0 Å². The van der Waals surface area contributed by atoms with Crippen molar-refractivity contribution in [3.63, 3.8) is 0 Å². The van der Waals surface area contributed by atoms with E-state index in [2.05, 4.69) is 0 Å². The number of carbonyl (C=O) groups is 2. The first kappa shape index (κ1) is 25.0. The Labute approximate surface area is 219 Å². The Morgan fingerprint density at radius 1 is 0.921 bits per heavy atom. The highest BCUT2D eigenvalue weighted by atomic mass is 16.6. The lowest BCUT2D eigenvalue weighted by Gasteiger charge is -2.26. The number of hydrogen-bond acceptors (Lipinski definition) is 8. The zero-order chi connectivity index (χ0) is 26.8. The molecule has 1 saturated heterocycles. The van der Waals surface area contributed by atoms with Gasteiger partial charge in [0.05, 0.1) is 32.4 Å². The summed E-state index contributed by atoms with van der Waals surface area (Å²) in [7, 11) is 3.02. The second-order valence-electron chi connectivity index (χ2n) is 8.57. The van der Waals surface area contributed by atoms with Gasteiger partial charge in [0, 0.05) is 11.3 Å². The number of carbonyl (C=O) groups excluding carboxylic acids is 2. The highest BCUT2D eigenvalue weighted by Crippen LogP contribution is 2.45. The summed E-state index contributed by atoms with van der Waals surface area (Å²) < 4.78 is 27.6. The van der Waals surface area contributed by atoms with Crippen molar-refractivity contribution in [3.05, 3.63) is 77.4 Å². The average Bonchev–Trinajstić information content (AvgIpc) is 3.22. The highest BCUT2D eigenvalue weighted by Gasteiger charge is 2.47. The van der Waals surface area contributed by atoms with Gasteiger partial charge in [-0.1, -0.05) is 6.07 Å². The molecule has 3 aromatic carbocycles. The van der Waals surface area contributed by atoms with Gasteiger partial charge in [0.15, 0.2) is 23.0 Å². The van der Waals surface area contributed by atoms with Gasteiger partial charge < -0.3 is 28.8 Å². The molecule has 1 amide bonds. The van der Waals surface area contributed by atoms with E-state index in [0.717, 1.165) is 0 Å². The van der Waals surface area contributed by atoms with Crippen LogP contribution in [-0.2, 0) is 9.59 Å². The first-order valence-corrected chi connectivity index (χ1v) is 12.1. The smallest absolute Gasteiger partial charge is 0.300 e. The summed E-state index contributed by atoms with van der Waals surface area (Å²) in [6, 6.07) is 15.9. The van der Waals surface area contributed by atoms with Crippen LogP contribution in [0.2, 0.25) is 0 Å². The molecule has 196 valence electrons. The summed E-state index contributed by atoms with van der Waals surface area (Å²) in [5.41, 5.74) is 1.28. The van der Waals surface area contributed by atoms with E-state index < -0.39 is 17.7 Å². The molecular weight excluding hydrogens is 490 g/mol. The van der Waals surface area contributed by atoms with E-state index in [1.54, 1.807) is 60.7 Å². The van der Waals surface area contributed by atoms with Gasteiger partial charge in [-0.3, -0.25) is 14.5 Å². The van der Waals surface area contributed by atoms with Crippen LogP contribution in [0.1, 0.15) is 24.1 Å². The summed E-state index contributed by atoms with van der Waals surface area (Å²) in [4.78, 5) is 28.3. The van der Waals surface area contributed by atoms with Crippen molar-refractivity contribution in [2.24, 2.45) is 0 Å². The number of amides is 1. The van der Waals surface area contributed by atoms with Crippen molar-refractivity contribution < 1.29 is 38.4 Å². The largest absolute Gasteiger partial charge is 0.507 e. The first-order valence-electron chi connectivity index (χ1n) is 12.1. The van der Waals surface area contributed by atoms with Crippen LogP contribution in [0, 0.1) is 0 Å². The van der Waals surface area contributed by atoms with Crippen LogP contribution in [0.3, 0.4) is 0 Å². The Morgan fingerprint density at radius 3 is 2.32 bits per heavy atom. The van der Waals surface area contributed by atoms with Crippen LogP contribution < -0.4 is 28.6 Å². The predicted molar refractivity (Wildman–Crippen MR) is 139 cm³/mol. The molecule has 0 aliphatic carbocycles. The fourth-order valence-corrected chi connectivity index (χ4v) is 4.65. The highest BCUT2D eigenvalue weighted by molar-refractivity contribution is 6.51. The van der Waals surface area contributed by atoms with Crippen LogP contribution in [0.15, 0.2) is 66.2 Å².